The lowest BCUT2D eigenvalue weighted by Crippen LogP contribution is -2.43. The number of nitrogens with zero attached hydrogens (tertiary/aromatic N) is 1. The van der Waals surface area contributed by atoms with Crippen molar-refractivity contribution < 1.29 is 17.9 Å². The second-order valence-corrected chi connectivity index (χ2v) is 8.00. The number of likely N-dealkylation sites (tertiary alicyclic amines) is 1. The van der Waals surface area contributed by atoms with Crippen molar-refractivity contribution in [2.24, 2.45) is 0 Å². The summed E-state index contributed by atoms with van der Waals surface area (Å²) in [5.74, 6) is -0.316. The van der Waals surface area contributed by atoms with Crippen LogP contribution in [0.25, 0.3) is 0 Å². The van der Waals surface area contributed by atoms with E-state index in [0.717, 1.165) is 38.5 Å². The minimum absolute atomic E-state index is 0.257. The third-order valence-corrected chi connectivity index (χ3v) is 4.98. The van der Waals surface area contributed by atoms with Crippen LogP contribution in [0.3, 0.4) is 0 Å². The van der Waals surface area contributed by atoms with Gasteiger partial charge in [-0.2, -0.15) is 0 Å². The molecule has 1 aromatic rings. The second kappa shape index (κ2) is 8.19. The molecule has 7 heteroatoms. The van der Waals surface area contributed by atoms with Crippen LogP contribution in [0.2, 0.25) is 0 Å². The first-order valence-electron chi connectivity index (χ1n) is 7.97. The largest absolute Gasteiger partial charge is 0.387 e. The Morgan fingerprint density at radius 1 is 1.35 bits per heavy atom. The summed E-state index contributed by atoms with van der Waals surface area (Å²) in [6, 6.07) is 6.16. The van der Waals surface area contributed by atoms with E-state index in [-0.39, 0.29) is 11.9 Å². The SMILES string of the molecule is CS(=O)(=O)NCCC1CCCCN1CC(O)c1ccc(F)cc1. The molecule has 2 unspecified atom stereocenters. The molecular formula is C16H25FN2O3S. The normalized spacial score (nSPS) is 21.3. The molecule has 2 N–H and O–H groups in total. The molecular weight excluding hydrogens is 319 g/mol. The number of halogens is 1. The first kappa shape index (κ1) is 18.3. The summed E-state index contributed by atoms with van der Waals surface area (Å²) in [6.07, 6.45) is 4.41. The van der Waals surface area contributed by atoms with Gasteiger partial charge in [0.1, 0.15) is 5.82 Å². The van der Waals surface area contributed by atoms with Gasteiger partial charge in [0.15, 0.2) is 0 Å². The molecule has 1 saturated heterocycles. The second-order valence-electron chi connectivity index (χ2n) is 6.17. The number of sulfonamides is 1. The molecule has 1 aliphatic heterocycles. The van der Waals surface area contributed by atoms with Gasteiger partial charge in [0.05, 0.1) is 12.4 Å². The zero-order valence-electron chi connectivity index (χ0n) is 13.4. The summed E-state index contributed by atoms with van der Waals surface area (Å²) in [7, 11) is -3.17. The van der Waals surface area contributed by atoms with Crippen LogP contribution in [0.1, 0.15) is 37.4 Å². The average Bonchev–Trinajstić information content (AvgIpc) is 2.48. The van der Waals surface area contributed by atoms with Crippen LogP contribution in [-0.4, -0.2) is 50.4 Å². The van der Waals surface area contributed by atoms with Crippen molar-refractivity contribution in [2.45, 2.75) is 37.8 Å². The van der Waals surface area contributed by atoms with Crippen molar-refractivity contribution in [3.63, 3.8) is 0 Å². The van der Waals surface area contributed by atoms with Crippen molar-refractivity contribution in [3.05, 3.63) is 35.6 Å². The van der Waals surface area contributed by atoms with E-state index in [9.17, 15) is 17.9 Å². The zero-order chi connectivity index (χ0) is 16.9. The minimum atomic E-state index is -3.17. The topological polar surface area (TPSA) is 69.6 Å². The fourth-order valence-electron chi connectivity index (χ4n) is 3.05. The van der Waals surface area contributed by atoms with E-state index >= 15 is 0 Å². The van der Waals surface area contributed by atoms with E-state index < -0.39 is 16.1 Å². The molecule has 0 aromatic heterocycles. The molecule has 0 bridgehead atoms. The van der Waals surface area contributed by atoms with Gasteiger partial charge in [0.2, 0.25) is 10.0 Å². The average molecular weight is 344 g/mol. The summed E-state index contributed by atoms with van der Waals surface area (Å²) >= 11 is 0. The lowest BCUT2D eigenvalue weighted by Gasteiger charge is -2.37. The molecule has 1 heterocycles. The van der Waals surface area contributed by atoms with E-state index in [1.807, 2.05) is 0 Å². The van der Waals surface area contributed by atoms with Gasteiger partial charge in [-0.25, -0.2) is 17.5 Å². The van der Waals surface area contributed by atoms with Crippen LogP contribution >= 0.6 is 0 Å². The van der Waals surface area contributed by atoms with Crippen molar-refractivity contribution in [1.82, 2.24) is 9.62 Å². The molecule has 130 valence electrons. The van der Waals surface area contributed by atoms with Crippen molar-refractivity contribution >= 4 is 10.0 Å². The highest BCUT2D eigenvalue weighted by molar-refractivity contribution is 7.88. The van der Waals surface area contributed by atoms with Gasteiger partial charge in [-0.3, -0.25) is 4.90 Å². The molecule has 1 aromatic carbocycles. The van der Waals surface area contributed by atoms with Crippen LogP contribution in [0, 0.1) is 5.82 Å². The number of nitrogens with one attached hydrogen (secondary N) is 1. The molecule has 1 aliphatic rings. The molecule has 0 saturated carbocycles. The summed E-state index contributed by atoms with van der Waals surface area (Å²) in [4.78, 5) is 2.21. The Kier molecular flexibility index (Phi) is 6.52. The first-order valence-corrected chi connectivity index (χ1v) is 9.86. The quantitative estimate of drug-likeness (QED) is 0.789. The van der Waals surface area contributed by atoms with Crippen LogP contribution in [0.5, 0.6) is 0 Å². The monoisotopic (exact) mass is 344 g/mol. The number of piperidine rings is 1. The number of aliphatic hydroxyl groups is 1. The first-order chi connectivity index (χ1) is 10.8. The predicted octanol–water partition coefficient (Wildman–Crippen LogP) is 1.65. The molecule has 2 atom stereocenters. The lowest BCUT2D eigenvalue weighted by molar-refractivity contribution is 0.0643. The fourth-order valence-corrected chi connectivity index (χ4v) is 3.54. The van der Waals surface area contributed by atoms with Crippen LogP contribution < -0.4 is 4.72 Å². The Bertz CT molecular complexity index is 592. The van der Waals surface area contributed by atoms with Gasteiger partial charge < -0.3 is 5.11 Å². The third-order valence-electron chi connectivity index (χ3n) is 4.25. The van der Waals surface area contributed by atoms with Gasteiger partial charge in [-0.05, 0) is 43.5 Å². The van der Waals surface area contributed by atoms with Gasteiger partial charge in [-0.15, -0.1) is 0 Å². The standard InChI is InChI=1S/C16H25FN2O3S/c1-23(21,22)18-10-9-15-4-2-3-11-19(15)12-16(20)13-5-7-14(17)8-6-13/h5-8,15-16,18,20H,2-4,9-12H2,1H3. The zero-order valence-corrected chi connectivity index (χ0v) is 14.2. The summed E-state index contributed by atoms with van der Waals surface area (Å²) in [5.41, 5.74) is 0.699. The Labute approximate surface area is 137 Å². The van der Waals surface area contributed by atoms with Crippen molar-refractivity contribution in [2.75, 3.05) is 25.9 Å². The van der Waals surface area contributed by atoms with E-state index in [0.29, 0.717) is 18.7 Å². The van der Waals surface area contributed by atoms with E-state index in [2.05, 4.69) is 9.62 Å². The molecule has 0 radical (unpaired) electrons. The van der Waals surface area contributed by atoms with E-state index in [1.165, 1.54) is 12.1 Å². The Hall–Kier alpha value is -1.02. The molecule has 5 nitrogen and oxygen atoms in total. The smallest absolute Gasteiger partial charge is 0.208 e. The molecule has 1 fully saturated rings. The fraction of sp³-hybridized carbons (Fsp3) is 0.625. The van der Waals surface area contributed by atoms with Gasteiger partial charge in [0.25, 0.3) is 0 Å². The molecule has 23 heavy (non-hydrogen) atoms. The highest BCUT2D eigenvalue weighted by atomic mass is 32.2. The highest BCUT2D eigenvalue weighted by Crippen LogP contribution is 2.23. The predicted molar refractivity (Wildman–Crippen MR) is 88.0 cm³/mol. The maximum atomic E-state index is 13.0. The van der Waals surface area contributed by atoms with Gasteiger partial charge in [-0.1, -0.05) is 18.6 Å². The van der Waals surface area contributed by atoms with Gasteiger partial charge in [0, 0.05) is 19.1 Å². The number of benzene rings is 1. The molecule has 2 rings (SSSR count). The summed E-state index contributed by atoms with van der Waals surface area (Å²) < 4.78 is 37.8. The number of hydrogen-bond donors (Lipinski definition) is 2. The van der Waals surface area contributed by atoms with E-state index in [4.69, 9.17) is 0 Å². The third kappa shape index (κ3) is 6.18. The van der Waals surface area contributed by atoms with Crippen LogP contribution in [0.4, 0.5) is 4.39 Å². The molecule has 0 amide bonds. The van der Waals surface area contributed by atoms with Crippen molar-refractivity contribution in [1.29, 1.82) is 0 Å². The molecule has 0 spiro atoms. The maximum absolute atomic E-state index is 13.0. The van der Waals surface area contributed by atoms with Crippen LogP contribution in [-0.2, 0) is 10.0 Å². The van der Waals surface area contributed by atoms with E-state index in [1.54, 1.807) is 12.1 Å². The lowest BCUT2D eigenvalue weighted by atomic mass is 9.98. The molecule has 0 aliphatic carbocycles. The Morgan fingerprint density at radius 2 is 2.04 bits per heavy atom. The number of hydrogen-bond acceptors (Lipinski definition) is 4. The Balaban J connectivity index is 1.91. The van der Waals surface area contributed by atoms with Crippen molar-refractivity contribution in [3.8, 4) is 0 Å². The van der Waals surface area contributed by atoms with Crippen LogP contribution in [0.15, 0.2) is 24.3 Å². The Morgan fingerprint density at radius 3 is 2.70 bits per heavy atom. The highest BCUT2D eigenvalue weighted by Gasteiger charge is 2.24. The maximum Gasteiger partial charge on any atom is 0.208 e. The summed E-state index contributed by atoms with van der Waals surface area (Å²) in [6.45, 7) is 1.78. The van der Waals surface area contributed by atoms with Gasteiger partial charge >= 0.3 is 0 Å². The number of rotatable bonds is 7. The number of β-amino-alcohol motifs (C(OH)–C–C–N with tert-alkyl or cyclic N) is 1. The number of aliphatic hydroxyl groups excluding tert-OH is 1. The summed E-state index contributed by atoms with van der Waals surface area (Å²) in [5, 5.41) is 10.4. The minimum Gasteiger partial charge on any atom is -0.387 e.